The SMILES string of the molecule is COC(=O)Cc1ccc(OCCCCCCBr)cc1. The first kappa shape index (κ1) is 16.0. The molecule has 3 nitrogen and oxygen atoms in total. The number of methoxy groups -OCH3 is 1. The zero-order valence-corrected chi connectivity index (χ0v) is 12.9. The van der Waals surface area contributed by atoms with Crippen molar-refractivity contribution in [1.82, 2.24) is 0 Å². The number of benzene rings is 1. The number of unbranched alkanes of at least 4 members (excludes halogenated alkanes) is 3. The molecule has 0 unspecified atom stereocenters. The molecule has 0 aliphatic heterocycles. The summed E-state index contributed by atoms with van der Waals surface area (Å²) in [6.07, 6.45) is 5.06. The molecule has 1 rings (SSSR count). The van der Waals surface area contributed by atoms with Gasteiger partial charge in [-0.1, -0.05) is 40.9 Å². The van der Waals surface area contributed by atoms with Gasteiger partial charge >= 0.3 is 5.97 Å². The van der Waals surface area contributed by atoms with E-state index >= 15 is 0 Å². The monoisotopic (exact) mass is 328 g/mol. The molecule has 106 valence electrons. The topological polar surface area (TPSA) is 35.5 Å². The van der Waals surface area contributed by atoms with Crippen LogP contribution in [0.4, 0.5) is 0 Å². The van der Waals surface area contributed by atoms with Gasteiger partial charge in [0.05, 0.1) is 20.1 Å². The van der Waals surface area contributed by atoms with E-state index in [-0.39, 0.29) is 5.97 Å². The highest BCUT2D eigenvalue weighted by Gasteiger charge is 2.02. The Morgan fingerprint density at radius 3 is 2.42 bits per heavy atom. The zero-order chi connectivity index (χ0) is 13.9. The lowest BCUT2D eigenvalue weighted by atomic mass is 10.1. The molecule has 0 amide bonds. The lowest BCUT2D eigenvalue weighted by Crippen LogP contribution is -2.04. The number of hydrogen-bond donors (Lipinski definition) is 0. The first-order chi connectivity index (χ1) is 9.26. The van der Waals surface area contributed by atoms with Gasteiger partial charge in [-0.25, -0.2) is 0 Å². The average molecular weight is 329 g/mol. The van der Waals surface area contributed by atoms with E-state index < -0.39 is 0 Å². The number of carbonyl (C=O) groups is 1. The van der Waals surface area contributed by atoms with Gasteiger partial charge in [-0.05, 0) is 30.5 Å². The van der Waals surface area contributed by atoms with Gasteiger partial charge in [-0.3, -0.25) is 4.79 Å². The molecule has 0 aliphatic rings. The van der Waals surface area contributed by atoms with Crippen molar-refractivity contribution in [1.29, 1.82) is 0 Å². The minimum Gasteiger partial charge on any atom is -0.494 e. The number of esters is 1. The highest BCUT2D eigenvalue weighted by atomic mass is 79.9. The summed E-state index contributed by atoms with van der Waals surface area (Å²) < 4.78 is 10.3. The molecule has 4 heteroatoms. The predicted octanol–water partition coefficient (Wildman–Crippen LogP) is 3.74. The number of alkyl halides is 1. The van der Waals surface area contributed by atoms with Gasteiger partial charge in [0, 0.05) is 5.33 Å². The van der Waals surface area contributed by atoms with E-state index in [9.17, 15) is 4.79 Å². The predicted molar refractivity (Wildman–Crippen MR) is 79.9 cm³/mol. The second kappa shape index (κ2) is 9.84. The van der Waals surface area contributed by atoms with E-state index in [4.69, 9.17) is 4.74 Å². The molecule has 0 aromatic heterocycles. The summed E-state index contributed by atoms with van der Waals surface area (Å²) in [5, 5.41) is 1.08. The fourth-order valence-electron chi connectivity index (χ4n) is 1.68. The van der Waals surface area contributed by atoms with Gasteiger partial charge in [0.1, 0.15) is 5.75 Å². The summed E-state index contributed by atoms with van der Waals surface area (Å²) in [5.41, 5.74) is 0.941. The fourth-order valence-corrected chi connectivity index (χ4v) is 2.08. The summed E-state index contributed by atoms with van der Waals surface area (Å²) in [4.78, 5) is 11.1. The third kappa shape index (κ3) is 7.21. The quantitative estimate of drug-likeness (QED) is 0.393. The molecule has 0 saturated heterocycles. The zero-order valence-electron chi connectivity index (χ0n) is 11.4. The Hall–Kier alpha value is -1.03. The van der Waals surface area contributed by atoms with E-state index in [2.05, 4.69) is 20.7 Å². The van der Waals surface area contributed by atoms with Crippen LogP contribution in [0.3, 0.4) is 0 Å². The van der Waals surface area contributed by atoms with E-state index in [1.54, 1.807) is 0 Å². The van der Waals surface area contributed by atoms with Gasteiger partial charge in [-0.15, -0.1) is 0 Å². The van der Waals surface area contributed by atoms with Crippen molar-refractivity contribution in [2.24, 2.45) is 0 Å². The lowest BCUT2D eigenvalue weighted by Gasteiger charge is -2.07. The Morgan fingerprint density at radius 1 is 1.11 bits per heavy atom. The third-order valence-corrected chi connectivity index (χ3v) is 3.36. The number of hydrogen-bond acceptors (Lipinski definition) is 3. The number of carbonyl (C=O) groups excluding carboxylic acids is 1. The first-order valence-electron chi connectivity index (χ1n) is 6.61. The Balaban J connectivity index is 2.22. The van der Waals surface area contributed by atoms with Crippen LogP contribution >= 0.6 is 15.9 Å². The summed E-state index contributed by atoms with van der Waals surface area (Å²) in [6, 6.07) is 7.60. The van der Waals surface area contributed by atoms with Crippen molar-refractivity contribution >= 4 is 21.9 Å². The van der Waals surface area contributed by atoms with Crippen LogP contribution in [0.1, 0.15) is 31.2 Å². The average Bonchev–Trinajstić information content (AvgIpc) is 2.44. The lowest BCUT2D eigenvalue weighted by molar-refractivity contribution is -0.139. The maximum absolute atomic E-state index is 11.1. The standard InChI is InChI=1S/C15H21BrO3/c1-18-15(17)12-13-6-8-14(9-7-13)19-11-5-3-2-4-10-16/h6-9H,2-5,10-12H2,1H3. The van der Waals surface area contributed by atoms with E-state index in [0.717, 1.165) is 29.7 Å². The minimum atomic E-state index is -0.222. The molecule has 0 N–H and O–H groups in total. The summed E-state index contributed by atoms with van der Waals surface area (Å²) in [6.45, 7) is 0.749. The normalized spacial score (nSPS) is 10.2. The molecule has 0 aliphatic carbocycles. The molecule has 0 fully saturated rings. The molecule has 1 aromatic rings. The van der Waals surface area contributed by atoms with Crippen LogP contribution in [0.25, 0.3) is 0 Å². The van der Waals surface area contributed by atoms with Gasteiger partial charge in [0.15, 0.2) is 0 Å². The summed E-state index contributed by atoms with van der Waals surface area (Å²) in [5.74, 6) is 0.634. The number of ether oxygens (including phenoxy) is 2. The minimum absolute atomic E-state index is 0.222. The van der Waals surface area contributed by atoms with Gasteiger partial charge in [-0.2, -0.15) is 0 Å². The van der Waals surface area contributed by atoms with Crippen molar-refractivity contribution in [3.8, 4) is 5.75 Å². The van der Waals surface area contributed by atoms with Gasteiger partial charge < -0.3 is 9.47 Å². The Bertz CT molecular complexity index is 362. The molecule has 1 aromatic carbocycles. The molecule has 0 radical (unpaired) electrons. The molecule has 0 saturated carbocycles. The second-order valence-electron chi connectivity index (χ2n) is 4.35. The van der Waals surface area contributed by atoms with Crippen LogP contribution in [-0.4, -0.2) is 25.0 Å². The van der Waals surface area contributed by atoms with Crippen LogP contribution in [0.5, 0.6) is 5.75 Å². The molecular formula is C15H21BrO3. The Labute approximate surface area is 123 Å². The fraction of sp³-hybridized carbons (Fsp3) is 0.533. The number of halogens is 1. The molecule has 0 bridgehead atoms. The van der Waals surface area contributed by atoms with Crippen molar-refractivity contribution in [3.63, 3.8) is 0 Å². The van der Waals surface area contributed by atoms with E-state index in [0.29, 0.717) is 6.42 Å². The van der Waals surface area contributed by atoms with Crippen LogP contribution in [0.15, 0.2) is 24.3 Å². The Morgan fingerprint density at radius 2 is 1.79 bits per heavy atom. The van der Waals surface area contributed by atoms with Crippen LogP contribution in [0, 0.1) is 0 Å². The third-order valence-electron chi connectivity index (χ3n) is 2.80. The van der Waals surface area contributed by atoms with Crippen molar-refractivity contribution in [2.45, 2.75) is 32.1 Å². The smallest absolute Gasteiger partial charge is 0.309 e. The van der Waals surface area contributed by atoms with Crippen molar-refractivity contribution in [3.05, 3.63) is 29.8 Å². The highest BCUT2D eigenvalue weighted by Crippen LogP contribution is 2.13. The molecule has 0 atom stereocenters. The maximum Gasteiger partial charge on any atom is 0.309 e. The maximum atomic E-state index is 11.1. The highest BCUT2D eigenvalue weighted by molar-refractivity contribution is 9.09. The molecule has 0 heterocycles. The molecule has 19 heavy (non-hydrogen) atoms. The van der Waals surface area contributed by atoms with Crippen LogP contribution < -0.4 is 4.74 Å². The van der Waals surface area contributed by atoms with Gasteiger partial charge in [0.2, 0.25) is 0 Å². The Kier molecular flexibility index (Phi) is 8.30. The number of rotatable bonds is 9. The van der Waals surface area contributed by atoms with Crippen LogP contribution in [0.2, 0.25) is 0 Å². The van der Waals surface area contributed by atoms with E-state index in [1.807, 2.05) is 24.3 Å². The van der Waals surface area contributed by atoms with Gasteiger partial charge in [0.25, 0.3) is 0 Å². The molecule has 0 spiro atoms. The van der Waals surface area contributed by atoms with Crippen molar-refractivity contribution in [2.75, 3.05) is 19.0 Å². The van der Waals surface area contributed by atoms with Crippen LogP contribution in [-0.2, 0) is 16.0 Å². The summed E-state index contributed by atoms with van der Waals surface area (Å²) >= 11 is 3.42. The largest absolute Gasteiger partial charge is 0.494 e. The first-order valence-corrected chi connectivity index (χ1v) is 7.73. The second-order valence-corrected chi connectivity index (χ2v) is 5.14. The summed E-state index contributed by atoms with van der Waals surface area (Å²) in [7, 11) is 1.40. The van der Waals surface area contributed by atoms with E-state index in [1.165, 1.54) is 26.4 Å². The van der Waals surface area contributed by atoms with Crippen molar-refractivity contribution < 1.29 is 14.3 Å². The molecular weight excluding hydrogens is 308 g/mol.